The maximum Gasteiger partial charge on any atom is 0.157 e. The van der Waals surface area contributed by atoms with Crippen LogP contribution >= 0.6 is 11.8 Å². The lowest BCUT2D eigenvalue weighted by Crippen LogP contribution is -2.25. The van der Waals surface area contributed by atoms with E-state index in [2.05, 4.69) is 17.2 Å². The van der Waals surface area contributed by atoms with E-state index in [1.165, 1.54) is 0 Å². The Labute approximate surface area is 88.0 Å². The van der Waals surface area contributed by atoms with Gasteiger partial charge in [0.1, 0.15) is 5.76 Å². The third-order valence-electron chi connectivity index (χ3n) is 2.20. The zero-order valence-corrected chi connectivity index (χ0v) is 9.01. The Bertz CT molecular complexity index is 308. The van der Waals surface area contributed by atoms with E-state index in [9.17, 15) is 0 Å². The Morgan fingerprint density at radius 1 is 1.71 bits per heavy atom. The minimum Gasteiger partial charge on any atom is -0.467 e. The normalized spacial score (nSPS) is 24.1. The topological polar surface area (TPSA) is 37.5 Å². The fraction of sp³-hybridized carbons (Fsp3) is 0.500. The van der Waals surface area contributed by atoms with Crippen molar-refractivity contribution in [1.82, 2.24) is 5.32 Å². The monoisotopic (exact) mass is 210 g/mol. The molecular formula is C10H14N2OS. The van der Waals surface area contributed by atoms with Crippen molar-refractivity contribution in [3.8, 4) is 0 Å². The van der Waals surface area contributed by atoms with E-state index >= 15 is 0 Å². The van der Waals surface area contributed by atoms with Crippen LogP contribution in [0.25, 0.3) is 0 Å². The first-order valence-electron chi connectivity index (χ1n) is 4.84. The van der Waals surface area contributed by atoms with E-state index in [4.69, 9.17) is 4.42 Å². The second kappa shape index (κ2) is 4.55. The minimum absolute atomic E-state index is 0.593. The van der Waals surface area contributed by atoms with Crippen LogP contribution in [0, 0.1) is 0 Å². The van der Waals surface area contributed by atoms with Crippen molar-refractivity contribution in [1.29, 1.82) is 0 Å². The van der Waals surface area contributed by atoms with Crippen molar-refractivity contribution >= 4 is 16.9 Å². The number of nitrogens with zero attached hydrogens (tertiary/aromatic N) is 1. The molecule has 0 radical (unpaired) electrons. The van der Waals surface area contributed by atoms with Crippen LogP contribution in [0.1, 0.15) is 19.1 Å². The molecule has 1 N–H and O–H groups in total. The molecule has 14 heavy (non-hydrogen) atoms. The van der Waals surface area contributed by atoms with Crippen LogP contribution in [-0.4, -0.2) is 17.0 Å². The first-order chi connectivity index (χ1) is 6.88. The van der Waals surface area contributed by atoms with Gasteiger partial charge in [-0.15, -0.1) is 0 Å². The Kier molecular flexibility index (Phi) is 3.14. The SMILES string of the molecule is CCC1CSC(=NCc2ccco2)N1. The highest BCUT2D eigenvalue weighted by atomic mass is 32.2. The number of hydrogen-bond donors (Lipinski definition) is 1. The van der Waals surface area contributed by atoms with Gasteiger partial charge in [-0.05, 0) is 18.6 Å². The number of furan rings is 1. The van der Waals surface area contributed by atoms with Gasteiger partial charge in [0.05, 0.1) is 12.8 Å². The Morgan fingerprint density at radius 2 is 2.64 bits per heavy atom. The maximum absolute atomic E-state index is 5.20. The first kappa shape index (κ1) is 9.65. The Hall–Kier alpha value is -0.900. The molecule has 0 spiro atoms. The number of hydrogen-bond acceptors (Lipinski definition) is 3. The molecule has 0 aliphatic carbocycles. The molecule has 1 atom stereocenters. The average Bonchev–Trinajstić information content (AvgIpc) is 2.86. The molecule has 1 saturated heterocycles. The predicted molar refractivity (Wildman–Crippen MR) is 59.5 cm³/mol. The number of aliphatic imine (C=N–C) groups is 1. The molecule has 1 unspecified atom stereocenters. The van der Waals surface area contributed by atoms with Gasteiger partial charge >= 0.3 is 0 Å². The largest absolute Gasteiger partial charge is 0.467 e. The first-order valence-corrected chi connectivity index (χ1v) is 5.83. The molecular weight excluding hydrogens is 196 g/mol. The van der Waals surface area contributed by atoms with Gasteiger partial charge in [0.15, 0.2) is 5.17 Å². The summed E-state index contributed by atoms with van der Waals surface area (Å²) in [6, 6.07) is 4.43. The quantitative estimate of drug-likeness (QED) is 0.831. The van der Waals surface area contributed by atoms with Crippen molar-refractivity contribution in [2.75, 3.05) is 5.75 Å². The third kappa shape index (κ3) is 2.32. The van der Waals surface area contributed by atoms with Crippen LogP contribution in [0.4, 0.5) is 0 Å². The van der Waals surface area contributed by atoms with E-state index in [1.54, 1.807) is 18.0 Å². The predicted octanol–water partition coefficient (Wildman–Crippen LogP) is 2.25. The van der Waals surface area contributed by atoms with Crippen LogP contribution in [-0.2, 0) is 6.54 Å². The summed E-state index contributed by atoms with van der Waals surface area (Å²) < 4.78 is 5.20. The van der Waals surface area contributed by atoms with Gasteiger partial charge in [0.2, 0.25) is 0 Å². The molecule has 0 bridgehead atoms. The molecule has 4 heteroatoms. The number of thioether (sulfide) groups is 1. The van der Waals surface area contributed by atoms with Gasteiger partial charge in [-0.1, -0.05) is 18.7 Å². The lowest BCUT2D eigenvalue weighted by atomic mass is 10.3. The van der Waals surface area contributed by atoms with Gasteiger partial charge in [0.25, 0.3) is 0 Å². The molecule has 3 nitrogen and oxygen atoms in total. The van der Waals surface area contributed by atoms with Crippen LogP contribution in [0.2, 0.25) is 0 Å². The van der Waals surface area contributed by atoms with Crippen molar-refractivity contribution in [2.24, 2.45) is 4.99 Å². The Morgan fingerprint density at radius 3 is 3.29 bits per heavy atom. The van der Waals surface area contributed by atoms with E-state index < -0.39 is 0 Å². The fourth-order valence-corrected chi connectivity index (χ4v) is 2.38. The smallest absolute Gasteiger partial charge is 0.157 e. The van der Waals surface area contributed by atoms with E-state index in [0.717, 1.165) is 23.1 Å². The van der Waals surface area contributed by atoms with Crippen LogP contribution in [0.5, 0.6) is 0 Å². The van der Waals surface area contributed by atoms with Crippen molar-refractivity contribution in [3.05, 3.63) is 24.2 Å². The lowest BCUT2D eigenvalue weighted by Gasteiger charge is -2.04. The number of rotatable bonds is 3. The summed E-state index contributed by atoms with van der Waals surface area (Å²) in [4.78, 5) is 4.44. The summed E-state index contributed by atoms with van der Waals surface area (Å²) in [5.74, 6) is 2.05. The zero-order chi connectivity index (χ0) is 9.80. The van der Waals surface area contributed by atoms with Crippen LogP contribution in [0.3, 0.4) is 0 Å². The van der Waals surface area contributed by atoms with Crippen molar-refractivity contribution in [3.63, 3.8) is 0 Å². The standard InChI is InChI=1S/C10H14N2OS/c1-2-8-7-14-10(12-8)11-6-9-4-3-5-13-9/h3-5,8H,2,6-7H2,1H3,(H,11,12). The third-order valence-corrected chi connectivity index (χ3v) is 3.29. The van der Waals surface area contributed by atoms with E-state index in [1.807, 2.05) is 12.1 Å². The summed E-state index contributed by atoms with van der Waals surface area (Å²) in [6.45, 7) is 2.83. The number of nitrogens with one attached hydrogen (secondary N) is 1. The van der Waals surface area contributed by atoms with Gasteiger partial charge < -0.3 is 9.73 Å². The van der Waals surface area contributed by atoms with Crippen molar-refractivity contribution in [2.45, 2.75) is 25.9 Å². The van der Waals surface area contributed by atoms with Gasteiger partial charge in [0, 0.05) is 11.8 Å². The van der Waals surface area contributed by atoms with Crippen molar-refractivity contribution < 1.29 is 4.42 Å². The molecule has 1 aromatic rings. The highest BCUT2D eigenvalue weighted by Crippen LogP contribution is 2.16. The van der Waals surface area contributed by atoms with Crippen LogP contribution < -0.4 is 5.32 Å². The highest BCUT2D eigenvalue weighted by Gasteiger charge is 2.17. The van der Waals surface area contributed by atoms with Gasteiger partial charge in [-0.3, -0.25) is 4.99 Å². The summed E-state index contributed by atoms with van der Waals surface area (Å²) in [5.41, 5.74) is 0. The summed E-state index contributed by atoms with van der Waals surface area (Å²) in [7, 11) is 0. The van der Waals surface area contributed by atoms with E-state index in [-0.39, 0.29) is 0 Å². The fourth-order valence-electron chi connectivity index (χ4n) is 1.30. The second-order valence-electron chi connectivity index (χ2n) is 3.26. The highest BCUT2D eigenvalue weighted by molar-refractivity contribution is 8.14. The average molecular weight is 210 g/mol. The second-order valence-corrected chi connectivity index (χ2v) is 4.27. The lowest BCUT2D eigenvalue weighted by molar-refractivity contribution is 0.512. The Balaban J connectivity index is 1.87. The molecule has 2 rings (SSSR count). The molecule has 0 aromatic carbocycles. The molecule has 0 amide bonds. The summed E-state index contributed by atoms with van der Waals surface area (Å²) >= 11 is 1.79. The molecule has 1 aliphatic heterocycles. The maximum atomic E-state index is 5.20. The van der Waals surface area contributed by atoms with Gasteiger partial charge in [-0.2, -0.15) is 0 Å². The molecule has 1 aromatic heterocycles. The molecule has 2 heterocycles. The van der Waals surface area contributed by atoms with Gasteiger partial charge in [-0.25, -0.2) is 0 Å². The van der Waals surface area contributed by atoms with E-state index in [0.29, 0.717) is 12.6 Å². The molecule has 1 fully saturated rings. The molecule has 0 saturated carbocycles. The summed E-state index contributed by atoms with van der Waals surface area (Å²) in [6.07, 6.45) is 2.84. The summed E-state index contributed by atoms with van der Waals surface area (Å²) in [5, 5.41) is 4.42. The molecule has 76 valence electrons. The zero-order valence-electron chi connectivity index (χ0n) is 8.19. The van der Waals surface area contributed by atoms with Crippen LogP contribution in [0.15, 0.2) is 27.8 Å². The minimum atomic E-state index is 0.593. The molecule has 1 aliphatic rings. The number of amidine groups is 1.